The Kier molecular flexibility index (Phi) is 3.42. The van der Waals surface area contributed by atoms with E-state index in [1.807, 2.05) is 0 Å². The predicted octanol–water partition coefficient (Wildman–Crippen LogP) is 3.41. The average Bonchev–Trinajstić information content (AvgIpc) is 3.09. The van der Waals surface area contributed by atoms with Crippen LogP contribution in [0.1, 0.15) is 50.6 Å². The van der Waals surface area contributed by atoms with Gasteiger partial charge in [0, 0.05) is 31.2 Å². The number of fused-ring (bicyclic) bond motifs is 1. The van der Waals surface area contributed by atoms with Gasteiger partial charge in [-0.2, -0.15) is 0 Å². The molecule has 1 saturated heterocycles. The van der Waals surface area contributed by atoms with E-state index < -0.39 is 0 Å². The van der Waals surface area contributed by atoms with Crippen molar-refractivity contribution < 1.29 is 0 Å². The number of anilines is 1. The number of aromatic nitrogens is 2. The number of nitrogens with two attached hydrogens (primary N) is 1. The molecule has 2 aliphatic rings. The zero-order valence-corrected chi connectivity index (χ0v) is 13.4. The lowest BCUT2D eigenvalue weighted by Crippen LogP contribution is -2.41. The van der Waals surface area contributed by atoms with Crippen molar-refractivity contribution in [2.75, 3.05) is 18.0 Å². The van der Waals surface area contributed by atoms with Crippen LogP contribution >= 0.6 is 11.3 Å². The lowest BCUT2D eigenvalue weighted by molar-refractivity contribution is 0.144. The maximum atomic E-state index is 5.98. The second kappa shape index (κ2) is 5.29. The van der Waals surface area contributed by atoms with Crippen molar-refractivity contribution in [3.05, 3.63) is 17.3 Å². The molecule has 114 valence electrons. The van der Waals surface area contributed by atoms with Gasteiger partial charge >= 0.3 is 0 Å². The van der Waals surface area contributed by atoms with Crippen LogP contribution in [0.15, 0.2) is 11.6 Å². The third-order valence-electron chi connectivity index (χ3n) is 5.57. The number of thiazole rings is 1. The fourth-order valence-electron chi connectivity index (χ4n) is 4.26. The largest absolute Gasteiger partial charge is 0.355 e. The molecule has 0 aromatic carbocycles. The predicted molar refractivity (Wildman–Crippen MR) is 87.9 cm³/mol. The Hall–Kier alpha value is -1.07. The standard InChI is InChI=1S/C16H24N4S/c17-12-13-14(18-15-20(13)10-11-21-15)19-8-6-16(7-9-19)4-2-1-3-5-16/h10-11H,1-9,12,17H2. The van der Waals surface area contributed by atoms with Crippen molar-refractivity contribution in [2.45, 2.75) is 51.5 Å². The van der Waals surface area contributed by atoms with Gasteiger partial charge in [-0.05, 0) is 31.1 Å². The number of hydrogen-bond donors (Lipinski definition) is 1. The smallest absolute Gasteiger partial charge is 0.195 e. The van der Waals surface area contributed by atoms with E-state index in [1.54, 1.807) is 11.3 Å². The molecule has 1 spiro atoms. The van der Waals surface area contributed by atoms with E-state index >= 15 is 0 Å². The highest BCUT2D eigenvalue weighted by Gasteiger charge is 2.36. The highest BCUT2D eigenvalue weighted by Crippen LogP contribution is 2.45. The van der Waals surface area contributed by atoms with Gasteiger partial charge in [0.15, 0.2) is 10.8 Å². The number of rotatable bonds is 2. The topological polar surface area (TPSA) is 46.6 Å². The SMILES string of the molecule is NCc1c(N2CCC3(CCCCC3)CC2)nc2sccn12. The fourth-order valence-corrected chi connectivity index (χ4v) is 4.99. The molecule has 5 heteroatoms. The molecule has 2 fully saturated rings. The molecule has 21 heavy (non-hydrogen) atoms. The van der Waals surface area contributed by atoms with E-state index in [0.29, 0.717) is 12.0 Å². The third kappa shape index (κ3) is 2.27. The molecule has 2 aromatic rings. The van der Waals surface area contributed by atoms with Crippen LogP contribution in [0.3, 0.4) is 0 Å². The van der Waals surface area contributed by atoms with Crippen LogP contribution in [-0.4, -0.2) is 22.5 Å². The molecule has 4 rings (SSSR count). The number of imidazole rings is 1. The lowest BCUT2D eigenvalue weighted by Gasteiger charge is -2.44. The molecule has 1 saturated carbocycles. The lowest BCUT2D eigenvalue weighted by atomic mass is 9.68. The summed E-state index contributed by atoms with van der Waals surface area (Å²) in [4.78, 5) is 8.37. The monoisotopic (exact) mass is 304 g/mol. The minimum atomic E-state index is 0.564. The summed E-state index contributed by atoms with van der Waals surface area (Å²) >= 11 is 1.69. The maximum Gasteiger partial charge on any atom is 0.195 e. The molecular weight excluding hydrogens is 280 g/mol. The summed E-state index contributed by atoms with van der Waals surface area (Å²) in [7, 11) is 0. The van der Waals surface area contributed by atoms with E-state index in [9.17, 15) is 0 Å². The summed E-state index contributed by atoms with van der Waals surface area (Å²) in [5, 5.41) is 2.08. The minimum Gasteiger partial charge on any atom is -0.355 e. The van der Waals surface area contributed by atoms with Crippen molar-refractivity contribution in [1.82, 2.24) is 9.38 Å². The number of hydrogen-bond acceptors (Lipinski definition) is 4. The zero-order valence-electron chi connectivity index (χ0n) is 12.6. The molecular formula is C16H24N4S. The van der Waals surface area contributed by atoms with Crippen molar-refractivity contribution in [3.8, 4) is 0 Å². The van der Waals surface area contributed by atoms with Crippen molar-refractivity contribution in [1.29, 1.82) is 0 Å². The summed E-state index contributed by atoms with van der Waals surface area (Å²) in [5.74, 6) is 1.13. The molecule has 0 bridgehead atoms. The van der Waals surface area contributed by atoms with Crippen LogP contribution in [0.5, 0.6) is 0 Å². The Morgan fingerprint density at radius 3 is 2.62 bits per heavy atom. The van der Waals surface area contributed by atoms with Crippen molar-refractivity contribution >= 4 is 22.1 Å². The number of piperidine rings is 1. The van der Waals surface area contributed by atoms with E-state index in [-0.39, 0.29) is 0 Å². The second-order valence-electron chi connectivity index (χ2n) is 6.69. The van der Waals surface area contributed by atoms with E-state index in [0.717, 1.165) is 23.9 Å². The summed E-state index contributed by atoms with van der Waals surface area (Å²) < 4.78 is 2.16. The summed E-state index contributed by atoms with van der Waals surface area (Å²) in [6, 6.07) is 0. The molecule has 3 heterocycles. The van der Waals surface area contributed by atoms with Crippen molar-refractivity contribution in [3.63, 3.8) is 0 Å². The Labute approximate surface area is 130 Å². The van der Waals surface area contributed by atoms with E-state index in [2.05, 4.69) is 20.9 Å². The van der Waals surface area contributed by atoms with Crippen LogP contribution in [0.25, 0.3) is 4.96 Å². The highest BCUT2D eigenvalue weighted by molar-refractivity contribution is 7.15. The normalized spacial score (nSPS) is 22.2. The Morgan fingerprint density at radius 1 is 1.14 bits per heavy atom. The maximum absolute atomic E-state index is 5.98. The average molecular weight is 304 g/mol. The molecule has 2 aromatic heterocycles. The number of nitrogens with zero attached hydrogens (tertiary/aromatic N) is 3. The molecule has 0 atom stereocenters. The summed E-state index contributed by atoms with van der Waals surface area (Å²) in [5.41, 5.74) is 7.80. The molecule has 0 unspecified atom stereocenters. The molecule has 2 N–H and O–H groups in total. The van der Waals surface area contributed by atoms with Gasteiger partial charge in [-0.25, -0.2) is 4.98 Å². The van der Waals surface area contributed by atoms with Crippen LogP contribution in [0.2, 0.25) is 0 Å². The highest BCUT2D eigenvalue weighted by atomic mass is 32.1. The van der Waals surface area contributed by atoms with Gasteiger partial charge in [0.25, 0.3) is 0 Å². The van der Waals surface area contributed by atoms with Crippen LogP contribution in [0, 0.1) is 5.41 Å². The van der Waals surface area contributed by atoms with Crippen LogP contribution in [-0.2, 0) is 6.54 Å². The molecule has 0 amide bonds. The first-order chi connectivity index (χ1) is 10.3. The van der Waals surface area contributed by atoms with Gasteiger partial charge in [0.1, 0.15) is 0 Å². The fraction of sp³-hybridized carbons (Fsp3) is 0.688. The molecule has 1 aliphatic carbocycles. The first-order valence-corrected chi connectivity index (χ1v) is 9.09. The van der Waals surface area contributed by atoms with E-state index in [4.69, 9.17) is 10.7 Å². The second-order valence-corrected chi connectivity index (χ2v) is 7.56. The summed E-state index contributed by atoms with van der Waals surface area (Å²) in [6.07, 6.45) is 12.0. The van der Waals surface area contributed by atoms with Gasteiger partial charge in [0.05, 0.1) is 5.69 Å². The van der Waals surface area contributed by atoms with Crippen LogP contribution < -0.4 is 10.6 Å². The Balaban J connectivity index is 1.55. The summed E-state index contributed by atoms with van der Waals surface area (Å²) in [6.45, 7) is 2.87. The molecule has 1 aliphatic heterocycles. The molecule has 4 nitrogen and oxygen atoms in total. The van der Waals surface area contributed by atoms with E-state index in [1.165, 1.54) is 50.6 Å². The zero-order chi connectivity index (χ0) is 14.3. The molecule has 0 radical (unpaired) electrons. The third-order valence-corrected chi connectivity index (χ3v) is 6.33. The first kappa shape index (κ1) is 13.6. The van der Waals surface area contributed by atoms with Gasteiger partial charge in [-0.1, -0.05) is 19.3 Å². The van der Waals surface area contributed by atoms with Crippen LogP contribution in [0.4, 0.5) is 5.82 Å². The Morgan fingerprint density at radius 2 is 1.90 bits per heavy atom. The van der Waals surface area contributed by atoms with Gasteiger partial charge < -0.3 is 10.6 Å². The minimum absolute atomic E-state index is 0.564. The van der Waals surface area contributed by atoms with Crippen molar-refractivity contribution in [2.24, 2.45) is 11.1 Å². The Bertz CT molecular complexity index is 613. The van der Waals surface area contributed by atoms with Gasteiger partial charge in [0.2, 0.25) is 0 Å². The quantitative estimate of drug-likeness (QED) is 0.925. The van der Waals surface area contributed by atoms with Gasteiger partial charge in [-0.15, -0.1) is 11.3 Å². The van der Waals surface area contributed by atoms with Gasteiger partial charge in [-0.3, -0.25) is 4.40 Å². The first-order valence-electron chi connectivity index (χ1n) is 8.21.